The second kappa shape index (κ2) is 6.87. The highest BCUT2D eigenvalue weighted by molar-refractivity contribution is 9.10. The Hall–Kier alpha value is -1.66. The van der Waals surface area contributed by atoms with Gasteiger partial charge in [-0.1, -0.05) is 11.6 Å². The van der Waals surface area contributed by atoms with Crippen LogP contribution in [0.5, 0.6) is 0 Å². The summed E-state index contributed by atoms with van der Waals surface area (Å²) in [6, 6.07) is 6.27. The zero-order chi connectivity index (χ0) is 15.4. The summed E-state index contributed by atoms with van der Waals surface area (Å²) in [4.78, 5) is 16.0. The number of nitrogens with zero attached hydrogens (tertiary/aromatic N) is 1. The number of benzene rings is 1. The quantitative estimate of drug-likeness (QED) is 0.840. The smallest absolute Gasteiger partial charge is 0.258 e. The number of anilines is 2. The number of amides is 1. The molecule has 4 nitrogen and oxygen atoms in total. The Bertz CT molecular complexity index is 681. The fourth-order valence-corrected chi connectivity index (χ4v) is 2.11. The van der Waals surface area contributed by atoms with Crippen LogP contribution < -0.4 is 10.6 Å². The molecule has 1 amide bonds. The van der Waals surface area contributed by atoms with E-state index in [2.05, 4.69) is 31.5 Å². The molecule has 0 bridgehead atoms. The van der Waals surface area contributed by atoms with Crippen molar-refractivity contribution in [3.63, 3.8) is 0 Å². The summed E-state index contributed by atoms with van der Waals surface area (Å²) in [6.45, 7) is 2.33. The van der Waals surface area contributed by atoms with Crippen LogP contribution in [-0.4, -0.2) is 17.4 Å². The summed E-state index contributed by atoms with van der Waals surface area (Å²) in [5.74, 6) is -1.19. The molecule has 0 radical (unpaired) electrons. The van der Waals surface area contributed by atoms with Crippen molar-refractivity contribution in [3.05, 3.63) is 51.3 Å². The zero-order valence-corrected chi connectivity index (χ0v) is 13.4. The Labute approximate surface area is 134 Å². The van der Waals surface area contributed by atoms with E-state index in [4.69, 9.17) is 11.6 Å². The molecule has 2 aromatic rings. The molecule has 0 saturated heterocycles. The predicted molar refractivity (Wildman–Crippen MR) is 85.5 cm³/mol. The van der Waals surface area contributed by atoms with Gasteiger partial charge < -0.3 is 10.6 Å². The van der Waals surface area contributed by atoms with Crippen LogP contribution in [0, 0.1) is 5.82 Å². The van der Waals surface area contributed by atoms with E-state index in [-0.39, 0.29) is 11.4 Å². The summed E-state index contributed by atoms with van der Waals surface area (Å²) in [5.41, 5.74) is 0.398. The minimum absolute atomic E-state index is 0.0546. The van der Waals surface area contributed by atoms with Gasteiger partial charge in [-0.2, -0.15) is 0 Å². The molecule has 110 valence electrons. The maximum Gasteiger partial charge on any atom is 0.258 e. The highest BCUT2D eigenvalue weighted by Gasteiger charge is 2.16. The Morgan fingerprint density at radius 2 is 2.19 bits per heavy atom. The first-order valence-corrected chi connectivity index (χ1v) is 7.34. The van der Waals surface area contributed by atoms with Crippen molar-refractivity contribution < 1.29 is 9.18 Å². The lowest BCUT2D eigenvalue weighted by atomic mass is 10.2. The van der Waals surface area contributed by atoms with Gasteiger partial charge in [-0.15, -0.1) is 0 Å². The number of halogens is 3. The Balaban J connectivity index is 2.24. The first kappa shape index (κ1) is 15.7. The fourth-order valence-electron chi connectivity index (χ4n) is 1.68. The van der Waals surface area contributed by atoms with E-state index in [9.17, 15) is 9.18 Å². The number of carbonyl (C=O) groups is 1. The molecular formula is C14H12BrClFN3O. The van der Waals surface area contributed by atoms with Gasteiger partial charge in [0.05, 0.1) is 10.6 Å². The van der Waals surface area contributed by atoms with E-state index >= 15 is 0 Å². The molecule has 2 N–H and O–H groups in total. The third kappa shape index (κ3) is 3.71. The number of nitrogens with one attached hydrogen (secondary N) is 2. The van der Waals surface area contributed by atoms with Gasteiger partial charge in [-0.05, 0) is 47.1 Å². The van der Waals surface area contributed by atoms with Gasteiger partial charge in [0.15, 0.2) is 11.6 Å². The molecule has 1 heterocycles. The highest BCUT2D eigenvalue weighted by Crippen LogP contribution is 2.26. The van der Waals surface area contributed by atoms with E-state index in [1.165, 1.54) is 12.3 Å². The lowest BCUT2D eigenvalue weighted by Gasteiger charge is -2.09. The molecule has 2 rings (SSSR count). The van der Waals surface area contributed by atoms with E-state index in [1.54, 1.807) is 18.2 Å². The van der Waals surface area contributed by atoms with Gasteiger partial charge in [0.1, 0.15) is 0 Å². The van der Waals surface area contributed by atoms with Crippen LogP contribution >= 0.6 is 27.5 Å². The average molecular weight is 373 g/mol. The zero-order valence-electron chi connectivity index (χ0n) is 11.1. The Morgan fingerprint density at radius 1 is 1.43 bits per heavy atom. The molecule has 0 aliphatic heterocycles. The van der Waals surface area contributed by atoms with Crippen molar-refractivity contribution in [1.29, 1.82) is 0 Å². The Morgan fingerprint density at radius 3 is 2.86 bits per heavy atom. The van der Waals surface area contributed by atoms with Crippen molar-refractivity contribution in [1.82, 2.24) is 4.98 Å². The van der Waals surface area contributed by atoms with Crippen LogP contribution in [0.1, 0.15) is 17.3 Å². The molecule has 0 fully saturated rings. The molecule has 0 spiro atoms. The minimum Gasteiger partial charge on any atom is -0.368 e. The summed E-state index contributed by atoms with van der Waals surface area (Å²) >= 11 is 9.21. The number of hydrogen-bond donors (Lipinski definition) is 2. The molecule has 0 saturated carbocycles. The second-order valence-corrected chi connectivity index (χ2v) is 5.40. The van der Waals surface area contributed by atoms with Gasteiger partial charge in [-0.3, -0.25) is 4.79 Å². The van der Waals surface area contributed by atoms with Crippen LogP contribution in [0.2, 0.25) is 5.02 Å². The van der Waals surface area contributed by atoms with Crippen LogP contribution in [0.4, 0.5) is 15.9 Å². The summed E-state index contributed by atoms with van der Waals surface area (Å²) < 4.78 is 14.9. The number of hydrogen-bond acceptors (Lipinski definition) is 3. The number of aromatic nitrogens is 1. The number of carbonyl (C=O) groups excluding carboxylic acids is 1. The van der Waals surface area contributed by atoms with Crippen molar-refractivity contribution in [3.8, 4) is 0 Å². The summed E-state index contributed by atoms with van der Waals surface area (Å²) in [6.07, 6.45) is 1.38. The summed E-state index contributed by atoms with van der Waals surface area (Å²) in [5, 5.41) is 5.81. The van der Waals surface area contributed by atoms with Crippen molar-refractivity contribution in [2.75, 3.05) is 17.2 Å². The third-order valence-electron chi connectivity index (χ3n) is 2.66. The molecule has 7 heteroatoms. The monoisotopic (exact) mass is 371 g/mol. The Kier molecular flexibility index (Phi) is 5.14. The lowest BCUT2D eigenvalue weighted by molar-refractivity contribution is 0.102. The first-order chi connectivity index (χ1) is 10.0. The topological polar surface area (TPSA) is 54.0 Å². The number of rotatable bonds is 4. The SMILES string of the molecule is CCNc1nccc(C(=O)Nc2ccc(Br)c(Cl)c2)c1F. The van der Waals surface area contributed by atoms with Crippen LogP contribution in [0.25, 0.3) is 0 Å². The molecule has 0 atom stereocenters. The largest absolute Gasteiger partial charge is 0.368 e. The molecule has 1 aromatic heterocycles. The fraction of sp³-hybridized carbons (Fsp3) is 0.143. The standard InChI is InChI=1S/C14H12BrClFN3O/c1-2-18-13-12(17)9(5-6-19-13)14(21)20-8-3-4-10(15)11(16)7-8/h3-7H,2H2,1H3,(H,18,19)(H,20,21). The van der Waals surface area contributed by atoms with E-state index in [0.29, 0.717) is 21.7 Å². The van der Waals surface area contributed by atoms with Gasteiger partial charge in [0.2, 0.25) is 0 Å². The van der Waals surface area contributed by atoms with Crippen LogP contribution in [0.3, 0.4) is 0 Å². The van der Waals surface area contributed by atoms with Crippen LogP contribution in [-0.2, 0) is 0 Å². The number of pyridine rings is 1. The van der Waals surface area contributed by atoms with Crippen molar-refractivity contribution in [2.45, 2.75) is 6.92 Å². The predicted octanol–water partition coefficient (Wildman–Crippen LogP) is 4.32. The maximum absolute atomic E-state index is 14.1. The summed E-state index contributed by atoms with van der Waals surface area (Å²) in [7, 11) is 0. The average Bonchev–Trinajstić information content (AvgIpc) is 2.45. The van der Waals surface area contributed by atoms with Gasteiger partial charge >= 0.3 is 0 Å². The van der Waals surface area contributed by atoms with Crippen LogP contribution in [0.15, 0.2) is 34.9 Å². The van der Waals surface area contributed by atoms with Crippen molar-refractivity contribution in [2.24, 2.45) is 0 Å². The van der Waals surface area contributed by atoms with Gasteiger partial charge in [0, 0.05) is 22.9 Å². The van der Waals surface area contributed by atoms with Gasteiger partial charge in [0.25, 0.3) is 5.91 Å². The van der Waals surface area contributed by atoms with E-state index < -0.39 is 11.7 Å². The molecule has 0 aliphatic rings. The first-order valence-electron chi connectivity index (χ1n) is 6.17. The third-order valence-corrected chi connectivity index (χ3v) is 3.89. The molecular weight excluding hydrogens is 361 g/mol. The van der Waals surface area contributed by atoms with Gasteiger partial charge in [-0.25, -0.2) is 9.37 Å². The second-order valence-electron chi connectivity index (χ2n) is 4.13. The molecule has 1 aromatic carbocycles. The lowest BCUT2D eigenvalue weighted by Crippen LogP contribution is -2.15. The van der Waals surface area contributed by atoms with E-state index in [0.717, 1.165) is 0 Å². The molecule has 0 unspecified atom stereocenters. The minimum atomic E-state index is -0.681. The molecule has 0 aliphatic carbocycles. The van der Waals surface area contributed by atoms with Crippen molar-refractivity contribution >= 4 is 44.9 Å². The molecule has 21 heavy (non-hydrogen) atoms. The van der Waals surface area contributed by atoms with E-state index in [1.807, 2.05) is 6.92 Å². The normalized spacial score (nSPS) is 10.3. The maximum atomic E-state index is 14.1. The highest BCUT2D eigenvalue weighted by atomic mass is 79.9.